The van der Waals surface area contributed by atoms with Crippen LogP contribution in [-0.2, 0) is 11.3 Å². The number of pyridine rings is 1. The Hall–Kier alpha value is -1.58. The van der Waals surface area contributed by atoms with Gasteiger partial charge in [0.2, 0.25) is 5.91 Å². The van der Waals surface area contributed by atoms with E-state index in [9.17, 15) is 4.79 Å². The second kappa shape index (κ2) is 10.3. The summed E-state index contributed by atoms with van der Waals surface area (Å²) < 4.78 is 0. The molecule has 3 N–H and O–H groups in total. The fraction of sp³-hybridized carbons (Fsp3) is 0.562. The summed E-state index contributed by atoms with van der Waals surface area (Å²) in [4.78, 5) is 22.4. The highest BCUT2D eigenvalue weighted by molar-refractivity contribution is 14.0. The molecule has 24 heavy (non-hydrogen) atoms. The summed E-state index contributed by atoms with van der Waals surface area (Å²) in [5, 5.41) is 9.03. The minimum absolute atomic E-state index is 0. The van der Waals surface area contributed by atoms with E-state index in [2.05, 4.69) is 25.9 Å². The lowest BCUT2D eigenvalue weighted by molar-refractivity contribution is -0.121. The van der Waals surface area contributed by atoms with Crippen LogP contribution in [0.2, 0.25) is 0 Å². The fourth-order valence-electron chi connectivity index (χ4n) is 1.84. The van der Waals surface area contributed by atoms with Crippen molar-refractivity contribution in [2.75, 3.05) is 32.6 Å². The number of carbonyl (C=O) groups excluding carboxylic acids is 1. The van der Waals surface area contributed by atoms with Crippen LogP contribution < -0.4 is 20.9 Å². The van der Waals surface area contributed by atoms with Crippen molar-refractivity contribution in [3.8, 4) is 0 Å². The number of amides is 1. The van der Waals surface area contributed by atoms with E-state index < -0.39 is 0 Å². The molecule has 1 aromatic rings. The highest BCUT2D eigenvalue weighted by Gasteiger charge is 2.13. The van der Waals surface area contributed by atoms with E-state index in [-0.39, 0.29) is 42.0 Å². The maximum absolute atomic E-state index is 11.8. The zero-order chi connectivity index (χ0) is 17.5. The first kappa shape index (κ1) is 22.4. The molecule has 1 heterocycles. The zero-order valence-electron chi connectivity index (χ0n) is 15.3. The number of carbonyl (C=O) groups is 1. The SMILES string of the molecule is CN=C(NCC(=O)NC(C)(C)C)NCc1cccc(N(C)C)n1.I. The molecule has 7 nitrogen and oxygen atoms in total. The third-order valence-electron chi connectivity index (χ3n) is 2.84. The number of hydrogen-bond acceptors (Lipinski definition) is 4. The average molecular weight is 448 g/mol. The number of rotatable bonds is 5. The van der Waals surface area contributed by atoms with Gasteiger partial charge in [-0.2, -0.15) is 0 Å². The number of aliphatic imine (C=N–C) groups is 1. The molecule has 1 aromatic heterocycles. The lowest BCUT2D eigenvalue weighted by Gasteiger charge is -2.21. The predicted molar refractivity (Wildman–Crippen MR) is 110 cm³/mol. The molecule has 0 atom stereocenters. The number of guanidine groups is 1. The fourth-order valence-corrected chi connectivity index (χ4v) is 1.84. The quantitative estimate of drug-likeness (QED) is 0.360. The zero-order valence-corrected chi connectivity index (χ0v) is 17.6. The molecule has 8 heteroatoms. The molecule has 0 fully saturated rings. The first-order valence-electron chi connectivity index (χ1n) is 7.60. The molecule has 1 rings (SSSR count). The van der Waals surface area contributed by atoms with Gasteiger partial charge in [0.1, 0.15) is 5.82 Å². The van der Waals surface area contributed by atoms with Crippen molar-refractivity contribution < 1.29 is 4.79 Å². The molecule has 1 amide bonds. The Morgan fingerprint density at radius 1 is 1.25 bits per heavy atom. The standard InChI is InChI=1S/C16H28N6O.HI/c1-16(2,3)21-14(23)11-19-15(17-4)18-10-12-8-7-9-13(20-12)22(5)6;/h7-9H,10-11H2,1-6H3,(H,21,23)(H2,17,18,19);1H. The van der Waals surface area contributed by atoms with Crippen LogP contribution in [0, 0.1) is 0 Å². The van der Waals surface area contributed by atoms with Crippen LogP contribution in [0.25, 0.3) is 0 Å². The summed E-state index contributed by atoms with van der Waals surface area (Å²) in [7, 11) is 5.57. The molecular weight excluding hydrogens is 419 g/mol. The number of aromatic nitrogens is 1. The average Bonchev–Trinajstić information content (AvgIpc) is 2.46. The monoisotopic (exact) mass is 448 g/mol. The predicted octanol–water partition coefficient (Wildman–Crippen LogP) is 1.35. The molecule has 0 spiro atoms. The molecule has 0 aliphatic rings. The minimum atomic E-state index is -0.244. The van der Waals surface area contributed by atoms with Gasteiger partial charge in [0.15, 0.2) is 5.96 Å². The van der Waals surface area contributed by atoms with Gasteiger partial charge in [0.05, 0.1) is 18.8 Å². The van der Waals surface area contributed by atoms with Gasteiger partial charge in [0, 0.05) is 26.7 Å². The molecule has 0 bridgehead atoms. The van der Waals surface area contributed by atoms with Crippen LogP contribution in [-0.4, -0.2) is 50.1 Å². The molecule has 0 unspecified atom stereocenters. The molecule has 136 valence electrons. The third kappa shape index (κ3) is 8.90. The number of anilines is 1. The van der Waals surface area contributed by atoms with E-state index in [1.54, 1.807) is 7.05 Å². The van der Waals surface area contributed by atoms with Crippen molar-refractivity contribution in [1.29, 1.82) is 0 Å². The number of hydrogen-bond donors (Lipinski definition) is 3. The van der Waals surface area contributed by atoms with Gasteiger partial charge < -0.3 is 20.9 Å². The van der Waals surface area contributed by atoms with Crippen molar-refractivity contribution in [3.63, 3.8) is 0 Å². The lowest BCUT2D eigenvalue weighted by Crippen LogP contribution is -2.48. The van der Waals surface area contributed by atoms with Gasteiger partial charge in [-0.1, -0.05) is 6.07 Å². The van der Waals surface area contributed by atoms with Gasteiger partial charge in [-0.25, -0.2) is 4.98 Å². The van der Waals surface area contributed by atoms with E-state index in [4.69, 9.17) is 0 Å². The molecule has 0 aliphatic carbocycles. The Labute approximate surface area is 161 Å². The summed E-state index contributed by atoms with van der Waals surface area (Å²) in [6.07, 6.45) is 0. The van der Waals surface area contributed by atoms with E-state index in [1.165, 1.54) is 0 Å². The van der Waals surface area contributed by atoms with Crippen LogP contribution in [0.3, 0.4) is 0 Å². The Morgan fingerprint density at radius 3 is 2.46 bits per heavy atom. The van der Waals surface area contributed by atoms with E-state index >= 15 is 0 Å². The van der Waals surface area contributed by atoms with Crippen LogP contribution >= 0.6 is 24.0 Å². The maximum atomic E-state index is 11.8. The minimum Gasteiger partial charge on any atom is -0.363 e. The Kier molecular flexibility index (Phi) is 9.64. The van der Waals surface area contributed by atoms with E-state index in [1.807, 2.05) is 58.0 Å². The van der Waals surface area contributed by atoms with Gasteiger partial charge in [-0.15, -0.1) is 24.0 Å². The summed E-state index contributed by atoms with van der Waals surface area (Å²) >= 11 is 0. The van der Waals surface area contributed by atoms with Crippen molar-refractivity contribution in [3.05, 3.63) is 23.9 Å². The number of nitrogens with one attached hydrogen (secondary N) is 3. The second-order valence-electron chi connectivity index (χ2n) is 6.46. The van der Waals surface area contributed by atoms with E-state index in [0.29, 0.717) is 12.5 Å². The number of halogens is 1. The summed E-state index contributed by atoms with van der Waals surface area (Å²) in [5.74, 6) is 1.39. The normalized spacial score (nSPS) is 11.3. The second-order valence-corrected chi connectivity index (χ2v) is 6.46. The highest BCUT2D eigenvalue weighted by Crippen LogP contribution is 2.07. The molecule has 0 saturated carbocycles. The molecule has 0 aliphatic heterocycles. The van der Waals surface area contributed by atoms with Gasteiger partial charge in [-0.3, -0.25) is 9.79 Å². The summed E-state index contributed by atoms with van der Waals surface area (Å²) in [5.41, 5.74) is 0.657. The Balaban J connectivity index is 0.00000529. The van der Waals surface area contributed by atoms with Gasteiger partial charge in [0.25, 0.3) is 0 Å². The summed E-state index contributed by atoms with van der Waals surface area (Å²) in [6, 6.07) is 5.86. The highest BCUT2D eigenvalue weighted by atomic mass is 127. The molecule has 0 aromatic carbocycles. The van der Waals surface area contributed by atoms with Crippen molar-refractivity contribution in [2.45, 2.75) is 32.9 Å². The Bertz CT molecular complexity index is 554. The summed E-state index contributed by atoms with van der Waals surface area (Å²) in [6.45, 7) is 6.54. The van der Waals surface area contributed by atoms with Crippen LogP contribution in [0.15, 0.2) is 23.2 Å². The first-order chi connectivity index (χ1) is 10.7. The van der Waals surface area contributed by atoms with Crippen molar-refractivity contribution in [1.82, 2.24) is 20.9 Å². The molecule has 0 radical (unpaired) electrons. The smallest absolute Gasteiger partial charge is 0.239 e. The third-order valence-corrected chi connectivity index (χ3v) is 2.84. The van der Waals surface area contributed by atoms with Crippen molar-refractivity contribution >= 4 is 41.7 Å². The first-order valence-corrected chi connectivity index (χ1v) is 7.60. The van der Waals surface area contributed by atoms with Crippen LogP contribution in [0.1, 0.15) is 26.5 Å². The molecule has 0 saturated heterocycles. The maximum Gasteiger partial charge on any atom is 0.239 e. The van der Waals surface area contributed by atoms with E-state index in [0.717, 1.165) is 11.5 Å². The van der Waals surface area contributed by atoms with Crippen LogP contribution in [0.4, 0.5) is 5.82 Å². The molecular formula is C16H29IN6O. The van der Waals surface area contributed by atoms with Gasteiger partial charge >= 0.3 is 0 Å². The number of nitrogens with zero attached hydrogens (tertiary/aromatic N) is 3. The Morgan fingerprint density at radius 2 is 1.92 bits per heavy atom. The topological polar surface area (TPSA) is 81.6 Å². The van der Waals surface area contributed by atoms with Crippen LogP contribution in [0.5, 0.6) is 0 Å². The van der Waals surface area contributed by atoms with Gasteiger partial charge in [-0.05, 0) is 32.9 Å². The largest absolute Gasteiger partial charge is 0.363 e. The lowest BCUT2D eigenvalue weighted by atomic mass is 10.1. The van der Waals surface area contributed by atoms with Crippen molar-refractivity contribution in [2.24, 2.45) is 4.99 Å².